The lowest BCUT2D eigenvalue weighted by molar-refractivity contribution is -0.147. The average Bonchev–Trinajstić information content (AvgIpc) is 2.43. The molecule has 0 aliphatic carbocycles. The number of nitrogens with one attached hydrogen (secondary N) is 2. The van der Waals surface area contributed by atoms with Gasteiger partial charge in [0, 0.05) is 0 Å². The van der Waals surface area contributed by atoms with E-state index in [1.807, 2.05) is 6.92 Å². The first-order valence-electron chi connectivity index (χ1n) is 7.04. The Morgan fingerprint density at radius 2 is 1.90 bits per heavy atom. The van der Waals surface area contributed by atoms with Gasteiger partial charge in [-0.3, -0.25) is 4.79 Å². The molecular formula is C14H22N2O5. The molecule has 0 spiro atoms. The van der Waals surface area contributed by atoms with Crippen LogP contribution in [-0.4, -0.2) is 37.2 Å². The molecule has 0 saturated heterocycles. The summed E-state index contributed by atoms with van der Waals surface area (Å²) in [6, 6.07) is -0.879. The van der Waals surface area contributed by atoms with Gasteiger partial charge < -0.3 is 20.1 Å². The molecule has 1 rings (SSSR count). The van der Waals surface area contributed by atoms with Gasteiger partial charge in [0.15, 0.2) is 0 Å². The van der Waals surface area contributed by atoms with Gasteiger partial charge in [-0.05, 0) is 13.3 Å². The van der Waals surface area contributed by atoms with Crippen molar-refractivity contribution in [2.75, 3.05) is 13.2 Å². The number of rotatable bonds is 6. The number of ether oxygens (including phenoxy) is 2. The Kier molecular flexibility index (Phi) is 6.20. The summed E-state index contributed by atoms with van der Waals surface area (Å²) in [4.78, 5) is 35.2. The number of urea groups is 1. The fourth-order valence-electron chi connectivity index (χ4n) is 1.89. The van der Waals surface area contributed by atoms with Crippen LogP contribution in [0, 0.1) is 5.92 Å². The third-order valence-corrected chi connectivity index (χ3v) is 2.98. The van der Waals surface area contributed by atoms with Crippen molar-refractivity contribution in [1.82, 2.24) is 10.6 Å². The molecule has 0 fully saturated rings. The second-order valence-electron chi connectivity index (χ2n) is 4.93. The van der Waals surface area contributed by atoms with Crippen LogP contribution in [0.25, 0.3) is 0 Å². The van der Waals surface area contributed by atoms with Gasteiger partial charge in [-0.1, -0.05) is 20.8 Å². The maximum atomic E-state index is 12.1. The molecule has 1 aliphatic heterocycles. The van der Waals surface area contributed by atoms with Crippen LogP contribution in [0.1, 0.15) is 34.1 Å². The van der Waals surface area contributed by atoms with Crippen molar-refractivity contribution in [3.63, 3.8) is 0 Å². The van der Waals surface area contributed by atoms with Gasteiger partial charge in [0.1, 0.15) is 6.61 Å². The summed E-state index contributed by atoms with van der Waals surface area (Å²) in [6.07, 6.45) is 0.531. The Labute approximate surface area is 124 Å². The smallest absolute Gasteiger partial charge is 0.338 e. The van der Waals surface area contributed by atoms with Crippen LogP contribution in [0.15, 0.2) is 11.3 Å². The van der Waals surface area contributed by atoms with E-state index in [0.29, 0.717) is 12.0 Å². The van der Waals surface area contributed by atoms with Crippen LogP contribution in [0.5, 0.6) is 0 Å². The van der Waals surface area contributed by atoms with Crippen LogP contribution in [-0.2, 0) is 19.1 Å². The molecule has 1 atom stereocenters. The minimum atomic E-state index is -0.521. The van der Waals surface area contributed by atoms with Crippen molar-refractivity contribution in [2.45, 2.75) is 40.2 Å². The lowest BCUT2D eigenvalue weighted by Gasteiger charge is -2.28. The van der Waals surface area contributed by atoms with E-state index >= 15 is 0 Å². The number of esters is 2. The van der Waals surface area contributed by atoms with Crippen molar-refractivity contribution in [1.29, 1.82) is 0 Å². The molecule has 0 saturated carbocycles. The minimum absolute atomic E-state index is 0.158. The lowest BCUT2D eigenvalue weighted by atomic mass is 10.0. The number of amides is 2. The van der Waals surface area contributed by atoms with Crippen LogP contribution in [0.3, 0.4) is 0 Å². The van der Waals surface area contributed by atoms with Gasteiger partial charge in [0.05, 0.1) is 29.8 Å². The molecule has 7 nitrogen and oxygen atoms in total. The fourth-order valence-corrected chi connectivity index (χ4v) is 1.89. The SMILES string of the molecule is CCOC(=O)C1=C(COC(=O)C(C)C)NC(=O)N[C@@H]1CC. The molecule has 7 heteroatoms. The van der Waals surface area contributed by atoms with Gasteiger partial charge in [-0.15, -0.1) is 0 Å². The molecule has 2 amide bonds. The summed E-state index contributed by atoms with van der Waals surface area (Å²) in [5, 5.41) is 5.16. The zero-order valence-electron chi connectivity index (χ0n) is 12.8. The van der Waals surface area contributed by atoms with E-state index in [1.165, 1.54) is 0 Å². The molecule has 2 N–H and O–H groups in total. The van der Waals surface area contributed by atoms with E-state index in [9.17, 15) is 14.4 Å². The van der Waals surface area contributed by atoms with Gasteiger partial charge in [-0.2, -0.15) is 0 Å². The van der Waals surface area contributed by atoms with Crippen molar-refractivity contribution < 1.29 is 23.9 Å². The van der Waals surface area contributed by atoms with E-state index in [4.69, 9.17) is 9.47 Å². The standard InChI is InChI=1S/C14H22N2O5/c1-5-9-11(13(18)20-6-2)10(16-14(19)15-9)7-21-12(17)8(3)4/h8-9H,5-7H2,1-4H3,(H2,15,16,19)/t9-/m1/s1. The summed E-state index contributed by atoms with van der Waals surface area (Å²) in [5.41, 5.74) is 0.577. The highest BCUT2D eigenvalue weighted by Gasteiger charge is 2.32. The quantitative estimate of drug-likeness (QED) is 0.716. The van der Waals surface area contributed by atoms with Gasteiger partial charge >= 0.3 is 18.0 Å². The van der Waals surface area contributed by atoms with E-state index in [0.717, 1.165) is 0 Å². The Morgan fingerprint density at radius 1 is 1.24 bits per heavy atom. The van der Waals surface area contributed by atoms with Crippen molar-refractivity contribution in [3.05, 3.63) is 11.3 Å². The van der Waals surface area contributed by atoms with Crippen molar-refractivity contribution >= 4 is 18.0 Å². The topological polar surface area (TPSA) is 93.7 Å². The lowest BCUT2D eigenvalue weighted by Crippen LogP contribution is -2.51. The summed E-state index contributed by atoms with van der Waals surface area (Å²) in [6.45, 7) is 7.03. The maximum absolute atomic E-state index is 12.1. The Hall–Kier alpha value is -2.05. The van der Waals surface area contributed by atoms with Crippen LogP contribution in [0.4, 0.5) is 4.79 Å². The highest BCUT2D eigenvalue weighted by Crippen LogP contribution is 2.17. The van der Waals surface area contributed by atoms with Gasteiger partial charge in [0.2, 0.25) is 0 Å². The first-order valence-corrected chi connectivity index (χ1v) is 7.04. The van der Waals surface area contributed by atoms with Crippen LogP contribution >= 0.6 is 0 Å². The average molecular weight is 298 g/mol. The Bertz CT molecular complexity index is 456. The first kappa shape index (κ1) is 17.0. The monoisotopic (exact) mass is 298 g/mol. The predicted molar refractivity (Wildman–Crippen MR) is 75.2 cm³/mol. The molecule has 0 aromatic heterocycles. The second kappa shape index (κ2) is 7.66. The molecule has 0 aromatic carbocycles. The number of hydrogen-bond acceptors (Lipinski definition) is 5. The Balaban J connectivity index is 2.99. The van der Waals surface area contributed by atoms with E-state index in [1.54, 1.807) is 20.8 Å². The molecule has 118 valence electrons. The molecule has 1 aliphatic rings. The largest absolute Gasteiger partial charge is 0.463 e. The molecule has 0 unspecified atom stereocenters. The highest BCUT2D eigenvalue weighted by atomic mass is 16.5. The summed E-state index contributed by atoms with van der Waals surface area (Å²) in [7, 11) is 0. The third-order valence-electron chi connectivity index (χ3n) is 2.98. The van der Waals surface area contributed by atoms with E-state index < -0.39 is 24.0 Å². The molecular weight excluding hydrogens is 276 g/mol. The minimum Gasteiger partial charge on any atom is -0.463 e. The molecule has 0 aromatic rings. The first-order chi connectivity index (χ1) is 9.90. The fraction of sp³-hybridized carbons (Fsp3) is 0.643. The highest BCUT2D eigenvalue weighted by molar-refractivity contribution is 5.94. The maximum Gasteiger partial charge on any atom is 0.338 e. The predicted octanol–water partition coefficient (Wildman–Crippen LogP) is 1.09. The zero-order valence-corrected chi connectivity index (χ0v) is 12.8. The van der Waals surface area contributed by atoms with E-state index in [-0.39, 0.29) is 24.8 Å². The Morgan fingerprint density at radius 3 is 2.43 bits per heavy atom. The van der Waals surface area contributed by atoms with E-state index in [2.05, 4.69) is 10.6 Å². The molecule has 0 radical (unpaired) electrons. The number of carbonyl (C=O) groups excluding carboxylic acids is 3. The molecule has 1 heterocycles. The summed E-state index contributed by atoms with van der Waals surface area (Å²) < 4.78 is 10.1. The van der Waals surface area contributed by atoms with Gasteiger partial charge in [-0.25, -0.2) is 9.59 Å². The van der Waals surface area contributed by atoms with Crippen LogP contribution in [0.2, 0.25) is 0 Å². The summed E-state index contributed by atoms with van der Waals surface area (Å²) >= 11 is 0. The molecule has 21 heavy (non-hydrogen) atoms. The zero-order chi connectivity index (χ0) is 16.0. The normalized spacial score (nSPS) is 18.1. The van der Waals surface area contributed by atoms with Crippen molar-refractivity contribution in [3.8, 4) is 0 Å². The van der Waals surface area contributed by atoms with Gasteiger partial charge in [0.25, 0.3) is 0 Å². The second-order valence-corrected chi connectivity index (χ2v) is 4.93. The van der Waals surface area contributed by atoms with Crippen LogP contribution < -0.4 is 10.6 Å². The molecule has 0 bridgehead atoms. The number of hydrogen-bond donors (Lipinski definition) is 2. The van der Waals surface area contributed by atoms with Crippen molar-refractivity contribution in [2.24, 2.45) is 5.92 Å². The number of carbonyl (C=O) groups is 3. The third kappa shape index (κ3) is 4.47. The summed E-state index contributed by atoms with van der Waals surface area (Å²) in [5.74, 6) is -1.20.